The number of carbonyl (C=O) groups excluding carboxylic acids is 2. The summed E-state index contributed by atoms with van der Waals surface area (Å²) in [6, 6.07) is 7.58. The SMILES string of the molecule is Cc1ccccc1NC(=O)Cc1csc(NC(=O)OCC(C)C)n1. The van der Waals surface area contributed by atoms with Crippen LogP contribution in [0, 0.1) is 12.8 Å². The third-order valence-corrected chi connectivity index (χ3v) is 3.88. The molecule has 2 rings (SSSR count). The fourth-order valence-electron chi connectivity index (χ4n) is 1.88. The molecule has 0 saturated heterocycles. The van der Waals surface area contributed by atoms with Gasteiger partial charge in [-0.1, -0.05) is 32.0 Å². The number of thiazole rings is 1. The van der Waals surface area contributed by atoms with Crippen molar-refractivity contribution in [2.24, 2.45) is 5.92 Å². The van der Waals surface area contributed by atoms with E-state index in [2.05, 4.69) is 15.6 Å². The maximum Gasteiger partial charge on any atom is 0.413 e. The first-order valence-electron chi connectivity index (χ1n) is 7.67. The van der Waals surface area contributed by atoms with Gasteiger partial charge in [-0.25, -0.2) is 9.78 Å². The highest BCUT2D eigenvalue weighted by molar-refractivity contribution is 7.13. The fourth-order valence-corrected chi connectivity index (χ4v) is 2.58. The zero-order valence-corrected chi connectivity index (χ0v) is 14.8. The molecule has 1 aromatic heterocycles. The molecule has 6 nitrogen and oxygen atoms in total. The van der Waals surface area contributed by atoms with Gasteiger partial charge in [0.1, 0.15) is 0 Å². The summed E-state index contributed by atoms with van der Waals surface area (Å²) in [6.07, 6.45) is -0.387. The molecule has 0 saturated carbocycles. The van der Waals surface area contributed by atoms with Gasteiger partial charge >= 0.3 is 6.09 Å². The summed E-state index contributed by atoms with van der Waals surface area (Å²) in [5.74, 6) is 0.122. The summed E-state index contributed by atoms with van der Waals surface area (Å²) in [5.41, 5.74) is 2.39. The average Bonchev–Trinajstić information content (AvgIpc) is 2.94. The Labute approximate surface area is 145 Å². The lowest BCUT2D eigenvalue weighted by atomic mass is 10.2. The summed E-state index contributed by atoms with van der Waals surface area (Å²) < 4.78 is 5.03. The molecule has 128 valence electrons. The molecule has 2 N–H and O–H groups in total. The van der Waals surface area contributed by atoms with Crippen molar-refractivity contribution >= 4 is 34.2 Å². The Morgan fingerprint density at radius 2 is 2.00 bits per heavy atom. The third kappa shape index (κ3) is 5.66. The summed E-state index contributed by atoms with van der Waals surface area (Å²) in [7, 11) is 0. The molecule has 0 aliphatic heterocycles. The lowest BCUT2D eigenvalue weighted by Crippen LogP contribution is -2.17. The number of hydrogen-bond acceptors (Lipinski definition) is 5. The van der Waals surface area contributed by atoms with Crippen molar-refractivity contribution in [3.8, 4) is 0 Å². The van der Waals surface area contributed by atoms with Crippen LogP contribution in [0.5, 0.6) is 0 Å². The molecule has 1 heterocycles. The zero-order valence-electron chi connectivity index (χ0n) is 14.0. The van der Waals surface area contributed by atoms with Crippen LogP contribution in [0.1, 0.15) is 25.1 Å². The Balaban J connectivity index is 1.86. The van der Waals surface area contributed by atoms with Gasteiger partial charge in [-0.05, 0) is 24.5 Å². The molecule has 0 fully saturated rings. The summed E-state index contributed by atoms with van der Waals surface area (Å²) >= 11 is 1.26. The van der Waals surface area contributed by atoms with Crippen LogP contribution in [0.3, 0.4) is 0 Å². The molecule has 0 aliphatic rings. The molecule has 0 atom stereocenters. The number of nitrogens with zero attached hydrogens (tertiary/aromatic N) is 1. The number of aromatic nitrogens is 1. The van der Waals surface area contributed by atoms with Gasteiger partial charge in [0, 0.05) is 11.1 Å². The van der Waals surface area contributed by atoms with Gasteiger partial charge < -0.3 is 10.1 Å². The minimum Gasteiger partial charge on any atom is -0.449 e. The van der Waals surface area contributed by atoms with Gasteiger partial charge in [-0.15, -0.1) is 11.3 Å². The molecular weight excluding hydrogens is 326 g/mol. The van der Waals surface area contributed by atoms with Crippen LogP contribution < -0.4 is 10.6 Å². The van der Waals surface area contributed by atoms with Crippen molar-refractivity contribution in [1.82, 2.24) is 4.98 Å². The van der Waals surface area contributed by atoms with Crippen LogP contribution in [0.15, 0.2) is 29.6 Å². The van der Waals surface area contributed by atoms with E-state index >= 15 is 0 Å². The first-order valence-corrected chi connectivity index (χ1v) is 8.55. The molecule has 0 spiro atoms. The van der Waals surface area contributed by atoms with Crippen LogP contribution in [0.4, 0.5) is 15.6 Å². The largest absolute Gasteiger partial charge is 0.449 e. The highest BCUT2D eigenvalue weighted by atomic mass is 32.1. The predicted molar refractivity (Wildman–Crippen MR) is 95.4 cm³/mol. The predicted octanol–water partition coefficient (Wildman–Crippen LogP) is 3.84. The number of aryl methyl sites for hydroxylation is 1. The van der Waals surface area contributed by atoms with E-state index in [9.17, 15) is 9.59 Å². The molecule has 24 heavy (non-hydrogen) atoms. The molecule has 0 aliphatic carbocycles. The number of hydrogen-bond donors (Lipinski definition) is 2. The number of rotatable bonds is 6. The number of ether oxygens (including phenoxy) is 1. The monoisotopic (exact) mass is 347 g/mol. The quantitative estimate of drug-likeness (QED) is 0.832. The molecule has 2 aromatic rings. The van der Waals surface area contributed by atoms with Crippen molar-refractivity contribution in [3.63, 3.8) is 0 Å². The van der Waals surface area contributed by atoms with E-state index in [0.29, 0.717) is 17.4 Å². The van der Waals surface area contributed by atoms with Gasteiger partial charge in [-0.2, -0.15) is 0 Å². The first-order chi connectivity index (χ1) is 11.4. The van der Waals surface area contributed by atoms with E-state index in [1.54, 1.807) is 5.38 Å². The minimum absolute atomic E-state index is 0.146. The van der Waals surface area contributed by atoms with E-state index in [1.807, 2.05) is 45.0 Å². The van der Waals surface area contributed by atoms with E-state index in [-0.39, 0.29) is 18.2 Å². The maximum absolute atomic E-state index is 12.1. The maximum atomic E-state index is 12.1. The highest BCUT2D eigenvalue weighted by Gasteiger charge is 2.11. The van der Waals surface area contributed by atoms with Crippen molar-refractivity contribution in [2.75, 3.05) is 17.2 Å². The van der Waals surface area contributed by atoms with Gasteiger partial charge in [0.2, 0.25) is 5.91 Å². The van der Waals surface area contributed by atoms with Crippen LogP contribution in [0.25, 0.3) is 0 Å². The van der Waals surface area contributed by atoms with Crippen molar-refractivity contribution in [2.45, 2.75) is 27.2 Å². The van der Waals surface area contributed by atoms with Crippen molar-refractivity contribution in [3.05, 3.63) is 40.9 Å². The van der Waals surface area contributed by atoms with Crippen LogP contribution in [-0.4, -0.2) is 23.6 Å². The van der Waals surface area contributed by atoms with Crippen LogP contribution in [-0.2, 0) is 16.0 Å². The van der Waals surface area contributed by atoms with Gasteiger partial charge in [0.15, 0.2) is 5.13 Å². The standard InChI is InChI=1S/C17H21N3O3S/c1-11(2)9-23-17(22)20-16-18-13(10-24-16)8-15(21)19-14-7-5-4-6-12(14)3/h4-7,10-11H,8-9H2,1-3H3,(H,19,21)(H,18,20,22). The average molecular weight is 347 g/mol. The topological polar surface area (TPSA) is 80.3 Å². The Kier molecular flexibility index (Phi) is 6.31. The highest BCUT2D eigenvalue weighted by Crippen LogP contribution is 2.18. The fraction of sp³-hybridized carbons (Fsp3) is 0.353. The van der Waals surface area contributed by atoms with Crippen LogP contribution >= 0.6 is 11.3 Å². The molecular formula is C17H21N3O3S. The number of carbonyl (C=O) groups is 2. The smallest absolute Gasteiger partial charge is 0.413 e. The van der Waals surface area contributed by atoms with Crippen molar-refractivity contribution in [1.29, 1.82) is 0 Å². The normalized spacial score (nSPS) is 10.5. The lowest BCUT2D eigenvalue weighted by Gasteiger charge is -2.07. The molecule has 0 unspecified atom stereocenters. The number of anilines is 2. The Morgan fingerprint density at radius 3 is 2.71 bits per heavy atom. The summed E-state index contributed by atoms with van der Waals surface area (Å²) in [6.45, 7) is 6.20. The van der Waals surface area contributed by atoms with Crippen LogP contribution in [0.2, 0.25) is 0 Å². The third-order valence-electron chi connectivity index (χ3n) is 3.07. The molecule has 0 bridgehead atoms. The second-order valence-electron chi connectivity index (χ2n) is 5.80. The molecule has 2 amide bonds. The van der Waals surface area contributed by atoms with Gasteiger partial charge in [0.05, 0.1) is 18.7 Å². The lowest BCUT2D eigenvalue weighted by molar-refractivity contribution is -0.115. The molecule has 7 heteroatoms. The first kappa shape index (κ1) is 17.9. The van der Waals surface area contributed by atoms with E-state index in [0.717, 1.165) is 11.3 Å². The van der Waals surface area contributed by atoms with E-state index < -0.39 is 6.09 Å². The van der Waals surface area contributed by atoms with Gasteiger partial charge in [0.25, 0.3) is 0 Å². The zero-order chi connectivity index (χ0) is 17.5. The minimum atomic E-state index is -0.533. The Morgan fingerprint density at radius 1 is 1.25 bits per heavy atom. The number of para-hydroxylation sites is 1. The Hall–Kier alpha value is -2.41. The van der Waals surface area contributed by atoms with Crippen molar-refractivity contribution < 1.29 is 14.3 Å². The number of benzene rings is 1. The second-order valence-corrected chi connectivity index (χ2v) is 6.66. The molecule has 1 aromatic carbocycles. The Bertz CT molecular complexity index is 713. The second kappa shape index (κ2) is 8.44. The number of nitrogens with one attached hydrogen (secondary N) is 2. The van der Waals surface area contributed by atoms with E-state index in [1.165, 1.54) is 11.3 Å². The number of amides is 2. The molecule has 0 radical (unpaired) electrons. The van der Waals surface area contributed by atoms with E-state index in [4.69, 9.17) is 4.74 Å². The summed E-state index contributed by atoms with van der Waals surface area (Å²) in [4.78, 5) is 27.9. The summed E-state index contributed by atoms with van der Waals surface area (Å²) in [5, 5.41) is 7.58. The van der Waals surface area contributed by atoms with Gasteiger partial charge in [-0.3, -0.25) is 10.1 Å².